The highest BCUT2D eigenvalue weighted by molar-refractivity contribution is 5.98. The maximum absolute atomic E-state index is 13.3. The van der Waals surface area contributed by atoms with Gasteiger partial charge in [-0.05, 0) is 62.5 Å². The van der Waals surface area contributed by atoms with Crippen LogP contribution in [0.4, 0.5) is 0 Å². The Bertz CT molecular complexity index is 1180. The maximum Gasteiger partial charge on any atom is 0.323 e. The van der Waals surface area contributed by atoms with Gasteiger partial charge in [0.05, 0.1) is 18.4 Å². The number of esters is 1. The summed E-state index contributed by atoms with van der Waals surface area (Å²) in [4.78, 5) is 30.8. The molecule has 0 radical (unpaired) electrons. The molecule has 37 heavy (non-hydrogen) atoms. The van der Waals surface area contributed by atoms with Gasteiger partial charge in [-0.3, -0.25) is 14.5 Å². The molecular weight excluding hydrogens is 466 g/mol. The van der Waals surface area contributed by atoms with Crippen LogP contribution in [0.5, 0.6) is 0 Å². The lowest BCUT2D eigenvalue weighted by Crippen LogP contribution is -2.49. The zero-order chi connectivity index (χ0) is 25.6. The topological polar surface area (TPSA) is 79.7 Å². The summed E-state index contributed by atoms with van der Waals surface area (Å²) in [5, 5.41) is 7.46. The van der Waals surface area contributed by atoms with Crippen molar-refractivity contribution in [2.45, 2.75) is 43.8 Å². The zero-order valence-corrected chi connectivity index (χ0v) is 21.3. The average Bonchev–Trinajstić information content (AvgIpc) is 3.63. The lowest BCUT2D eigenvalue weighted by molar-refractivity contribution is -0.147. The Morgan fingerprint density at radius 1 is 1.03 bits per heavy atom. The molecule has 1 amide bonds. The van der Waals surface area contributed by atoms with Gasteiger partial charge in [0.25, 0.3) is 5.91 Å². The fraction of sp³-hybridized carbons (Fsp3) is 0.414. The summed E-state index contributed by atoms with van der Waals surface area (Å²) in [6, 6.07) is 19.7. The first-order valence-electron chi connectivity index (χ1n) is 13.1. The van der Waals surface area contributed by atoms with Gasteiger partial charge < -0.3 is 15.0 Å². The SMILES string of the molecule is COC(=O)[C@@H]1C[C@@H](NC(=O)c2ccccc2-n2cccn2)CN1C1CCN(CCc2ccccc2)CC1. The van der Waals surface area contributed by atoms with Crippen molar-refractivity contribution in [3.05, 3.63) is 84.2 Å². The van der Waals surface area contributed by atoms with Gasteiger partial charge in [0.1, 0.15) is 6.04 Å². The van der Waals surface area contributed by atoms with Gasteiger partial charge in [-0.1, -0.05) is 42.5 Å². The van der Waals surface area contributed by atoms with E-state index in [1.165, 1.54) is 12.7 Å². The summed E-state index contributed by atoms with van der Waals surface area (Å²) in [6.07, 6.45) is 7.13. The molecule has 2 aliphatic rings. The van der Waals surface area contributed by atoms with E-state index in [0.717, 1.165) is 44.6 Å². The Kier molecular flexibility index (Phi) is 7.96. The van der Waals surface area contributed by atoms with E-state index in [1.54, 1.807) is 10.9 Å². The normalized spacial score (nSPS) is 21.1. The zero-order valence-electron chi connectivity index (χ0n) is 21.3. The third-order valence-corrected chi connectivity index (χ3v) is 7.63. The van der Waals surface area contributed by atoms with Crippen LogP contribution >= 0.6 is 0 Å². The summed E-state index contributed by atoms with van der Waals surface area (Å²) in [5.41, 5.74) is 2.65. The van der Waals surface area contributed by atoms with Crippen LogP contribution in [0.2, 0.25) is 0 Å². The number of nitrogens with zero attached hydrogens (tertiary/aromatic N) is 4. The number of likely N-dealkylation sites (tertiary alicyclic amines) is 2. The van der Waals surface area contributed by atoms with Gasteiger partial charge in [0.15, 0.2) is 0 Å². The molecule has 1 N–H and O–H groups in total. The van der Waals surface area contributed by atoms with E-state index in [4.69, 9.17) is 4.74 Å². The lowest BCUT2D eigenvalue weighted by atomic mass is 10.0. The summed E-state index contributed by atoms with van der Waals surface area (Å²) < 4.78 is 6.85. The number of hydrogen-bond acceptors (Lipinski definition) is 6. The number of aromatic nitrogens is 2. The number of para-hydroxylation sites is 1. The average molecular weight is 502 g/mol. The predicted molar refractivity (Wildman–Crippen MR) is 142 cm³/mol. The van der Waals surface area contributed by atoms with Crippen LogP contribution < -0.4 is 5.32 Å². The number of ether oxygens (including phenoxy) is 1. The molecule has 2 fully saturated rings. The minimum Gasteiger partial charge on any atom is -0.468 e. The number of nitrogens with one attached hydrogen (secondary N) is 1. The summed E-state index contributed by atoms with van der Waals surface area (Å²) in [6.45, 7) is 3.71. The Morgan fingerprint density at radius 2 is 1.78 bits per heavy atom. The number of benzene rings is 2. The van der Waals surface area contributed by atoms with E-state index in [1.807, 2.05) is 36.5 Å². The molecule has 5 rings (SSSR count). The van der Waals surface area contributed by atoms with Crippen molar-refractivity contribution in [3.8, 4) is 5.69 Å². The number of rotatable bonds is 8. The second-order valence-corrected chi connectivity index (χ2v) is 9.92. The van der Waals surface area contributed by atoms with Gasteiger partial charge in [0.2, 0.25) is 0 Å². The van der Waals surface area contributed by atoms with E-state index < -0.39 is 0 Å². The summed E-state index contributed by atoms with van der Waals surface area (Å²) in [5.74, 6) is -0.377. The van der Waals surface area contributed by atoms with E-state index in [9.17, 15) is 9.59 Å². The molecule has 3 aromatic rings. The highest BCUT2D eigenvalue weighted by Crippen LogP contribution is 2.28. The minimum absolute atomic E-state index is 0.126. The number of carbonyl (C=O) groups excluding carboxylic acids is 2. The standard InChI is InChI=1S/C29H35N5O3/c1-37-29(36)27-20-23(31-28(35)25-10-5-6-11-26(25)34-16-7-15-30-34)21-33(27)24-13-18-32(19-14-24)17-12-22-8-3-2-4-9-22/h2-11,15-16,23-24,27H,12-14,17-21H2,1H3,(H,31,35)/t23-,27+/m1/s1. The van der Waals surface area contributed by atoms with Gasteiger partial charge >= 0.3 is 5.97 Å². The van der Waals surface area contributed by atoms with Crippen LogP contribution in [-0.4, -0.2) is 82.9 Å². The molecule has 0 spiro atoms. The van der Waals surface area contributed by atoms with E-state index in [2.05, 4.69) is 50.5 Å². The van der Waals surface area contributed by atoms with Crippen molar-refractivity contribution in [1.29, 1.82) is 0 Å². The van der Waals surface area contributed by atoms with Crippen molar-refractivity contribution in [2.75, 3.05) is 33.3 Å². The molecular formula is C29H35N5O3. The van der Waals surface area contributed by atoms with Gasteiger partial charge in [0, 0.05) is 37.6 Å². The second-order valence-electron chi connectivity index (χ2n) is 9.92. The van der Waals surface area contributed by atoms with Crippen LogP contribution in [0.3, 0.4) is 0 Å². The molecule has 0 bridgehead atoms. The smallest absolute Gasteiger partial charge is 0.323 e. The molecule has 194 valence electrons. The van der Waals surface area contributed by atoms with Crippen LogP contribution in [-0.2, 0) is 16.0 Å². The van der Waals surface area contributed by atoms with Crippen LogP contribution in [0.15, 0.2) is 73.1 Å². The summed E-state index contributed by atoms with van der Waals surface area (Å²) >= 11 is 0. The van der Waals surface area contributed by atoms with E-state index in [0.29, 0.717) is 24.6 Å². The Hall–Kier alpha value is -3.49. The molecule has 0 unspecified atom stereocenters. The Morgan fingerprint density at radius 3 is 2.51 bits per heavy atom. The van der Waals surface area contributed by atoms with E-state index in [-0.39, 0.29) is 24.0 Å². The van der Waals surface area contributed by atoms with Crippen LogP contribution in [0.25, 0.3) is 5.69 Å². The van der Waals surface area contributed by atoms with Crippen molar-refractivity contribution >= 4 is 11.9 Å². The quantitative estimate of drug-likeness (QED) is 0.478. The molecule has 2 aromatic carbocycles. The molecule has 8 nitrogen and oxygen atoms in total. The molecule has 0 aliphatic carbocycles. The molecule has 8 heteroatoms. The molecule has 0 saturated carbocycles. The number of hydrogen-bond donors (Lipinski definition) is 1. The molecule has 1 aromatic heterocycles. The largest absolute Gasteiger partial charge is 0.468 e. The second kappa shape index (κ2) is 11.7. The Labute approximate surface area is 218 Å². The predicted octanol–water partition coefficient (Wildman–Crippen LogP) is 2.93. The summed E-state index contributed by atoms with van der Waals surface area (Å²) in [7, 11) is 1.44. The molecule has 3 heterocycles. The first-order valence-corrected chi connectivity index (χ1v) is 13.1. The third kappa shape index (κ3) is 5.92. The maximum atomic E-state index is 13.3. The van der Waals surface area contributed by atoms with Crippen molar-refractivity contribution in [2.24, 2.45) is 0 Å². The van der Waals surface area contributed by atoms with Gasteiger partial charge in [-0.15, -0.1) is 0 Å². The van der Waals surface area contributed by atoms with Gasteiger partial charge in [-0.2, -0.15) is 5.10 Å². The third-order valence-electron chi connectivity index (χ3n) is 7.63. The van der Waals surface area contributed by atoms with Gasteiger partial charge in [-0.25, -0.2) is 4.68 Å². The van der Waals surface area contributed by atoms with Crippen molar-refractivity contribution < 1.29 is 14.3 Å². The van der Waals surface area contributed by atoms with E-state index >= 15 is 0 Å². The van der Waals surface area contributed by atoms with Crippen molar-refractivity contribution in [3.63, 3.8) is 0 Å². The van der Waals surface area contributed by atoms with Crippen LogP contribution in [0.1, 0.15) is 35.2 Å². The van der Waals surface area contributed by atoms with Crippen molar-refractivity contribution in [1.82, 2.24) is 24.9 Å². The monoisotopic (exact) mass is 501 g/mol. The molecule has 2 aliphatic heterocycles. The molecule has 2 atom stereocenters. The number of methoxy groups -OCH3 is 1. The number of amides is 1. The molecule has 2 saturated heterocycles. The first-order chi connectivity index (χ1) is 18.1. The highest BCUT2D eigenvalue weighted by Gasteiger charge is 2.42. The fourth-order valence-electron chi connectivity index (χ4n) is 5.68. The minimum atomic E-state index is -0.336. The Balaban J connectivity index is 1.20. The number of piperidine rings is 1. The van der Waals surface area contributed by atoms with Crippen LogP contribution in [0, 0.1) is 0 Å². The fourth-order valence-corrected chi connectivity index (χ4v) is 5.68. The first kappa shape index (κ1) is 25.2. The lowest BCUT2D eigenvalue weighted by Gasteiger charge is -2.38. The number of carbonyl (C=O) groups is 2. The highest BCUT2D eigenvalue weighted by atomic mass is 16.5.